The van der Waals surface area contributed by atoms with Crippen molar-refractivity contribution < 1.29 is 9.20 Å². The number of para-hydroxylation sites is 1. The van der Waals surface area contributed by atoms with E-state index in [0.29, 0.717) is 5.69 Å². The standard InChI is InChI=1S/C13H14N2O2/c1-3-7-10(2)12-13(16)17-14-15(12)11-8-5-4-6-9-11/h4-9H,3H2,1-2H3/p+1/b10-7+. The Bertz CT molecular complexity index is 579. The van der Waals surface area contributed by atoms with Crippen molar-refractivity contribution in [2.45, 2.75) is 20.3 Å². The summed E-state index contributed by atoms with van der Waals surface area (Å²) in [5, 5.41) is 2.62. The van der Waals surface area contributed by atoms with E-state index in [0.717, 1.165) is 17.7 Å². The van der Waals surface area contributed by atoms with Gasteiger partial charge >= 0.3 is 11.3 Å². The molecule has 1 aromatic carbocycles. The number of aromatic nitrogens is 2. The van der Waals surface area contributed by atoms with Gasteiger partial charge in [-0.15, -0.1) is 0 Å². The van der Waals surface area contributed by atoms with Crippen LogP contribution in [0.25, 0.3) is 11.3 Å². The first-order chi connectivity index (χ1) is 8.24. The lowest BCUT2D eigenvalue weighted by Crippen LogP contribution is -2.37. The molecule has 4 nitrogen and oxygen atoms in total. The van der Waals surface area contributed by atoms with E-state index in [-0.39, 0.29) is 5.63 Å². The van der Waals surface area contributed by atoms with Crippen molar-refractivity contribution in [1.29, 1.82) is 0 Å². The molecule has 0 bridgehead atoms. The average molecular weight is 231 g/mol. The number of aromatic amines is 1. The molecule has 4 heteroatoms. The monoisotopic (exact) mass is 231 g/mol. The van der Waals surface area contributed by atoms with Crippen molar-refractivity contribution in [3.8, 4) is 5.69 Å². The van der Waals surface area contributed by atoms with Gasteiger partial charge in [-0.3, -0.25) is 4.52 Å². The first-order valence-corrected chi connectivity index (χ1v) is 5.60. The van der Waals surface area contributed by atoms with E-state index in [1.54, 1.807) is 4.68 Å². The molecule has 2 rings (SSSR count). The molecular formula is C13H15N2O2+. The van der Waals surface area contributed by atoms with Crippen LogP contribution >= 0.6 is 0 Å². The second-order valence-corrected chi connectivity index (χ2v) is 3.80. The third-order valence-electron chi connectivity index (χ3n) is 2.54. The Balaban J connectivity index is 2.58. The van der Waals surface area contributed by atoms with Crippen LogP contribution in [0.5, 0.6) is 0 Å². The SMILES string of the molecule is CC/C=C(\C)c1c(=O)o[nH][n+]1-c1ccccc1. The molecule has 1 heterocycles. The highest BCUT2D eigenvalue weighted by atomic mass is 16.5. The molecule has 0 radical (unpaired) electrons. The maximum absolute atomic E-state index is 11.7. The Morgan fingerprint density at radius 1 is 1.41 bits per heavy atom. The van der Waals surface area contributed by atoms with Crippen LogP contribution in [-0.2, 0) is 0 Å². The molecule has 0 aliphatic carbocycles. The predicted molar refractivity (Wildman–Crippen MR) is 64.8 cm³/mol. The third-order valence-corrected chi connectivity index (χ3v) is 2.54. The highest BCUT2D eigenvalue weighted by Gasteiger charge is 2.24. The first kappa shape index (κ1) is 11.4. The second-order valence-electron chi connectivity index (χ2n) is 3.80. The summed E-state index contributed by atoms with van der Waals surface area (Å²) >= 11 is 0. The van der Waals surface area contributed by atoms with E-state index >= 15 is 0 Å². The van der Waals surface area contributed by atoms with Gasteiger partial charge < -0.3 is 0 Å². The Morgan fingerprint density at radius 2 is 2.12 bits per heavy atom. The average Bonchev–Trinajstić information content (AvgIpc) is 2.73. The first-order valence-electron chi connectivity index (χ1n) is 5.60. The minimum absolute atomic E-state index is 0.351. The van der Waals surface area contributed by atoms with E-state index in [1.165, 1.54) is 0 Å². The van der Waals surface area contributed by atoms with Crippen molar-refractivity contribution in [3.05, 3.63) is 52.5 Å². The molecule has 0 aliphatic rings. The van der Waals surface area contributed by atoms with E-state index in [2.05, 4.69) is 5.27 Å². The van der Waals surface area contributed by atoms with Gasteiger partial charge in [0.1, 0.15) is 0 Å². The quantitative estimate of drug-likeness (QED) is 0.822. The zero-order valence-corrected chi connectivity index (χ0v) is 9.93. The van der Waals surface area contributed by atoms with Crippen molar-refractivity contribution in [3.63, 3.8) is 0 Å². The molecule has 88 valence electrons. The summed E-state index contributed by atoms with van der Waals surface area (Å²) < 4.78 is 6.52. The summed E-state index contributed by atoms with van der Waals surface area (Å²) in [5.41, 5.74) is 1.97. The summed E-state index contributed by atoms with van der Waals surface area (Å²) in [5.74, 6) is 0. The molecule has 0 aliphatic heterocycles. The Labute approximate surface area is 99.1 Å². The molecule has 0 spiro atoms. The van der Waals surface area contributed by atoms with E-state index in [9.17, 15) is 4.79 Å². The van der Waals surface area contributed by atoms with Crippen LogP contribution in [0.3, 0.4) is 0 Å². The van der Waals surface area contributed by atoms with Gasteiger partial charge in [0.05, 0.1) is 0 Å². The van der Waals surface area contributed by atoms with Crippen LogP contribution in [0.1, 0.15) is 26.0 Å². The molecule has 0 amide bonds. The van der Waals surface area contributed by atoms with Gasteiger partial charge in [-0.25, -0.2) is 4.79 Å². The predicted octanol–water partition coefficient (Wildman–Crippen LogP) is 2.06. The lowest BCUT2D eigenvalue weighted by Gasteiger charge is -1.93. The van der Waals surface area contributed by atoms with E-state index < -0.39 is 0 Å². The number of hydrogen-bond acceptors (Lipinski definition) is 2. The molecule has 0 saturated carbocycles. The summed E-state index contributed by atoms with van der Waals surface area (Å²) in [6.07, 6.45) is 2.88. The molecular weight excluding hydrogens is 216 g/mol. The summed E-state index contributed by atoms with van der Waals surface area (Å²) in [4.78, 5) is 11.7. The van der Waals surface area contributed by atoms with Gasteiger partial charge in [-0.05, 0) is 23.3 Å². The molecule has 0 saturated heterocycles. The van der Waals surface area contributed by atoms with Crippen molar-refractivity contribution in [2.75, 3.05) is 0 Å². The summed E-state index contributed by atoms with van der Waals surface area (Å²) in [7, 11) is 0. The Kier molecular flexibility index (Phi) is 3.23. The maximum Gasteiger partial charge on any atom is 0.435 e. The van der Waals surface area contributed by atoms with Crippen LogP contribution in [0.2, 0.25) is 0 Å². The Hall–Kier alpha value is -2.10. The second kappa shape index (κ2) is 4.82. The van der Waals surface area contributed by atoms with Gasteiger partial charge in [0.2, 0.25) is 5.69 Å². The molecule has 0 fully saturated rings. The highest BCUT2D eigenvalue weighted by Crippen LogP contribution is 2.07. The molecule has 2 aromatic rings. The molecule has 0 atom stereocenters. The largest absolute Gasteiger partial charge is 0.435 e. The smallest absolute Gasteiger partial charge is 0.282 e. The lowest BCUT2D eigenvalue weighted by atomic mass is 10.2. The molecule has 1 N–H and O–H groups in total. The molecule has 17 heavy (non-hydrogen) atoms. The van der Waals surface area contributed by atoms with Crippen LogP contribution in [0.4, 0.5) is 0 Å². The number of H-pyrrole nitrogens is 1. The highest BCUT2D eigenvalue weighted by molar-refractivity contribution is 5.57. The summed E-state index contributed by atoms with van der Waals surface area (Å²) in [6.45, 7) is 3.94. The minimum atomic E-state index is -0.351. The number of hydrogen-bond donors (Lipinski definition) is 1. The zero-order valence-electron chi connectivity index (χ0n) is 9.93. The van der Waals surface area contributed by atoms with Gasteiger partial charge in [-0.2, -0.15) is 0 Å². The van der Waals surface area contributed by atoms with Crippen LogP contribution in [-0.4, -0.2) is 5.27 Å². The fourth-order valence-corrected chi connectivity index (χ4v) is 1.77. The van der Waals surface area contributed by atoms with Crippen molar-refractivity contribution in [1.82, 2.24) is 5.27 Å². The van der Waals surface area contributed by atoms with Crippen molar-refractivity contribution in [2.24, 2.45) is 0 Å². The maximum atomic E-state index is 11.7. The fraction of sp³-hybridized carbons (Fsp3) is 0.231. The lowest BCUT2D eigenvalue weighted by molar-refractivity contribution is -0.672. The Morgan fingerprint density at radius 3 is 2.76 bits per heavy atom. The topological polar surface area (TPSA) is 49.9 Å². The number of benzene rings is 1. The normalized spacial score (nSPS) is 11.8. The molecule has 0 unspecified atom stereocenters. The van der Waals surface area contributed by atoms with Gasteiger partial charge in [0.25, 0.3) is 0 Å². The van der Waals surface area contributed by atoms with Crippen LogP contribution < -0.4 is 10.3 Å². The summed E-state index contributed by atoms with van der Waals surface area (Å²) in [6, 6.07) is 9.58. The van der Waals surface area contributed by atoms with Crippen LogP contribution in [0.15, 0.2) is 45.7 Å². The van der Waals surface area contributed by atoms with Gasteiger partial charge in [0.15, 0.2) is 0 Å². The van der Waals surface area contributed by atoms with E-state index in [1.807, 2.05) is 50.3 Å². The molecule has 1 aromatic heterocycles. The third kappa shape index (κ3) is 2.20. The number of rotatable bonds is 3. The van der Waals surface area contributed by atoms with Crippen molar-refractivity contribution >= 4 is 5.57 Å². The minimum Gasteiger partial charge on any atom is -0.282 e. The van der Waals surface area contributed by atoms with E-state index in [4.69, 9.17) is 4.52 Å². The number of allylic oxidation sites excluding steroid dienone is 2. The number of nitrogens with zero attached hydrogens (tertiary/aromatic N) is 1. The fourth-order valence-electron chi connectivity index (χ4n) is 1.77. The van der Waals surface area contributed by atoms with Gasteiger partial charge in [0, 0.05) is 17.7 Å². The van der Waals surface area contributed by atoms with Crippen LogP contribution in [0, 0.1) is 0 Å². The zero-order chi connectivity index (χ0) is 12.3. The number of nitrogens with one attached hydrogen (secondary N) is 1. The van der Waals surface area contributed by atoms with Gasteiger partial charge in [-0.1, -0.05) is 31.2 Å².